The van der Waals surface area contributed by atoms with Crippen molar-refractivity contribution in [2.75, 3.05) is 5.75 Å². The van der Waals surface area contributed by atoms with Gasteiger partial charge in [0, 0.05) is 10.6 Å². The summed E-state index contributed by atoms with van der Waals surface area (Å²) in [7, 11) is 0. The molecule has 0 aliphatic heterocycles. The fourth-order valence-corrected chi connectivity index (χ4v) is 2.19. The molecule has 0 nitrogen and oxygen atoms in total. The topological polar surface area (TPSA) is 0 Å². The van der Waals surface area contributed by atoms with Crippen LogP contribution in [0.3, 0.4) is 0 Å². The highest BCUT2D eigenvalue weighted by atomic mass is 32.2. The molecule has 1 heteroatoms. The Bertz CT molecular complexity index is 343. The van der Waals surface area contributed by atoms with Crippen LogP contribution in [0.15, 0.2) is 58.5 Å². The molecule has 80 valence electrons. The van der Waals surface area contributed by atoms with Crippen LogP contribution in [0.4, 0.5) is 0 Å². The molecule has 15 heavy (non-hydrogen) atoms. The molecule has 0 atom stereocenters. The highest BCUT2D eigenvalue weighted by molar-refractivity contribution is 7.99. The van der Waals surface area contributed by atoms with Gasteiger partial charge in [-0.1, -0.05) is 41.5 Å². The average molecular weight is 218 g/mol. The van der Waals surface area contributed by atoms with E-state index >= 15 is 0 Å². The van der Waals surface area contributed by atoms with Gasteiger partial charge in [-0.25, -0.2) is 0 Å². The second-order valence-electron chi connectivity index (χ2n) is 3.79. The third-order valence-electron chi connectivity index (χ3n) is 1.91. The highest BCUT2D eigenvalue weighted by Gasteiger charge is 1.90. The molecule has 1 aromatic rings. The van der Waals surface area contributed by atoms with E-state index < -0.39 is 0 Å². The van der Waals surface area contributed by atoms with E-state index in [9.17, 15) is 0 Å². The van der Waals surface area contributed by atoms with Crippen molar-refractivity contribution in [2.24, 2.45) is 0 Å². The Kier molecular flexibility index (Phi) is 5.27. The number of hydrogen-bond acceptors (Lipinski definition) is 1. The van der Waals surface area contributed by atoms with Crippen LogP contribution in [0.1, 0.15) is 20.8 Å². The standard InChI is InChI=1S/C14H18S/c1-12(2)11-13(3)9-10-15-14-7-5-4-6-8-14/h4-9,11H,10H2,1-3H3/b13-9+. The molecule has 0 aliphatic rings. The number of allylic oxidation sites excluding steroid dienone is 3. The van der Waals surface area contributed by atoms with Gasteiger partial charge in [0.2, 0.25) is 0 Å². The van der Waals surface area contributed by atoms with Crippen molar-refractivity contribution in [3.05, 3.63) is 53.6 Å². The zero-order valence-electron chi connectivity index (χ0n) is 9.66. The molecule has 0 N–H and O–H groups in total. The Labute approximate surface area is 97.1 Å². The van der Waals surface area contributed by atoms with E-state index in [2.05, 4.69) is 57.2 Å². The Balaban J connectivity index is 2.42. The summed E-state index contributed by atoms with van der Waals surface area (Å²) in [6, 6.07) is 10.5. The third kappa shape index (κ3) is 5.48. The largest absolute Gasteiger partial charge is 0.122 e. The minimum absolute atomic E-state index is 1.04. The molecule has 0 spiro atoms. The molecule has 0 bridgehead atoms. The molecule has 0 unspecified atom stereocenters. The number of thioether (sulfide) groups is 1. The van der Waals surface area contributed by atoms with Crippen LogP contribution >= 0.6 is 11.8 Å². The molecule has 0 radical (unpaired) electrons. The first-order valence-corrected chi connectivity index (χ1v) is 6.16. The van der Waals surface area contributed by atoms with Crippen LogP contribution in [0, 0.1) is 0 Å². The number of rotatable bonds is 4. The summed E-state index contributed by atoms with van der Waals surface area (Å²) in [6.45, 7) is 6.40. The van der Waals surface area contributed by atoms with E-state index in [-0.39, 0.29) is 0 Å². The summed E-state index contributed by atoms with van der Waals surface area (Å²) in [5.74, 6) is 1.04. The average Bonchev–Trinajstić information content (AvgIpc) is 2.18. The minimum Gasteiger partial charge on any atom is -0.122 e. The molecule has 1 aromatic carbocycles. The third-order valence-corrected chi connectivity index (χ3v) is 2.85. The second kappa shape index (κ2) is 6.52. The minimum atomic E-state index is 1.04. The fraction of sp³-hybridized carbons (Fsp3) is 0.286. The SMILES string of the molecule is CC(C)=C/C(C)=C/CSc1ccccc1. The first kappa shape index (κ1) is 12.1. The predicted molar refractivity (Wildman–Crippen MR) is 70.4 cm³/mol. The molecular formula is C14H18S. The van der Waals surface area contributed by atoms with Crippen molar-refractivity contribution < 1.29 is 0 Å². The number of hydrogen-bond donors (Lipinski definition) is 0. The van der Waals surface area contributed by atoms with Gasteiger partial charge in [0.05, 0.1) is 0 Å². The van der Waals surface area contributed by atoms with E-state index in [1.165, 1.54) is 16.0 Å². The Hall–Kier alpha value is -0.950. The van der Waals surface area contributed by atoms with Gasteiger partial charge < -0.3 is 0 Å². The van der Waals surface area contributed by atoms with Crippen LogP contribution in [0.2, 0.25) is 0 Å². The van der Waals surface area contributed by atoms with E-state index in [0.717, 1.165) is 5.75 Å². The van der Waals surface area contributed by atoms with Gasteiger partial charge in [-0.15, -0.1) is 11.8 Å². The smallest absolute Gasteiger partial charge is 0.0166 e. The van der Waals surface area contributed by atoms with Crippen molar-refractivity contribution in [1.82, 2.24) is 0 Å². The lowest BCUT2D eigenvalue weighted by molar-refractivity contribution is 1.34. The monoisotopic (exact) mass is 218 g/mol. The van der Waals surface area contributed by atoms with E-state index in [1.54, 1.807) is 0 Å². The molecular weight excluding hydrogens is 200 g/mol. The molecule has 0 aliphatic carbocycles. The summed E-state index contributed by atoms with van der Waals surface area (Å²) >= 11 is 1.87. The van der Waals surface area contributed by atoms with Crippen LogP contribution in [-0.4, -0.2) is 5.75 Å². The van der Waals surface area contributed by atoms with Crippen molar-refractivity contribution in [3.8, 4) is 0 Å². The zero-order chi connectivity index (χ0) is 11.1. The summed E-state index contributed by atoms with van der Waals surface area (Å²) in [5.41, 5.74) is 2.70. The Morgan fingerprint density at radius 2 is 1.80 bits per heavy atom. The molecule has 0 fully saturated rings. The normalized spacial score (nSPS) is 11.3. The maximum Gasteiger partial charge on any atom is 0.0166 e. The van der Waals surface area contributed by atoms with Gasteiger partial charge in [-0.2, -0.15) is 0 Å². The maximum absolute atomic E-state index is 2.27. The zero-order valence-corrected chi connectivity index (χ0v) is 10.5. The van der Waals surface area contributed by atoms with Gasteiger partial charge in [-0.05, 0) is 32.9 Å². The van der Waals surface area contributed by atoms with Gasteiger partial charge >= 0.3 is 0 Å². The molecule has 0 heterocycles. The van der Waals surface area contributed by atoms with E-state index in [1.807, 2.05) is 17.8 Å². The lowest BCUT2D eigenvalue weighted by atomic mass is 10.2. The van der Waals surface area contributed by atoms with Crippen LogP contribution < -0.4 is 0 Å². The van der Waals surface area contributed by atoms with Crippen LogP contribution in [0.25, 0.3) is 0 Å². The lowest BCUT2D eigenvalue weighted by Gasteiger charge is -1.98. The number of benzene rings is 1. The van der Waals surface area contributed by atoms with Crippen LogP contribution in [-0.2, 0) is 0 Å². The van der Waals surface area contributed by atoms with Gasteiger partial charge in [0.25, 0.3) is 0 Å². The first-order chi connectivity index (χ1) is 7.18. The molecule has 0 aromatic heterocycles. The lowest BCUT2D eigenvalue weighted by Crippen LogP contribution is -1.77. The second-order valence-corrected chi connectivity index (χ2v) is 4.89. The van der Waals surface area contributed by atoms with Crippen molar-refractivity contribution >= 4 is 11.8 Å². The highest BCUT2D eigenvalue weighted by Crippen LogP contribution is 2.17. The van der Waals surface area contributed by atoms with Crippen LogP contribution in [0.5, 0.6) is 0 Å². The van der Waals surface area contributed by atoms with Crippen molar-refractivity contribution in [2.45, 2.75) is 25.7 Å². The summed E-state index contributed by atoms with van der Waals surface area (Å²) < 4.78 is 0. The van der Waals surface area contributed by atoms with Crippen molar-refractivity contribution in [3.63, 3.8) is 0 Å². The molecule has 0 saturated carbocycles. The predicted octanol–water partition coefficient (Wildman–Crippen LogP) is 4.69. The molecule has 0 saturated heterocycles. The summed E-state index contributed by atoms with van der Waals surface area (Å²) in [6.07, 6.45) is 4.48. The van der Waals surface area contributed by atoms with E-state index in [4.69, 9.17) is 0 Å². The quantitative estimate of drug-likeness (QED) is 0.522. The summed E-state index contributed by atoms with van der Waals surface area (Å²) in [4.78, 5) is 1.33. The first-order valence-electron chi connectivity index (χ1n) is 5.18. The molecule has 0 amide bonds. The van der Waals surface area contributed by atoms with E-state index in [0.29, 0.717) is 0 Å². The Morgan fingerprint density at radius 1 is 1.13 bits per heavy atom. The van der Waals surface area contributed by atoms with Gasteiger partial charge in [0.1, 0.15) is 0 Å². The van der Waals surface area contributed by atoms with Gasteiger partial charge in [0.15, 0.2) is 0 Å². The summed E-state index contributed by atoms with van der Waals surface area (Å²) in [5, 5.41) is 0. The fourth-order valence-electron chi connectivity index (χ4n) is 1.30. The molecule has 1 rings (SSSR count). The Morgan fingerprint density at radius 3 is 2.40 bits per heavy atom. The van der Waals surface area contributed by atoms with Gasteiger partial charge in [-0.3, -0.25) is 0 Å². The maximum atomic E-state index is 2.27. The van der Waals surface area contributed by atoms with Crippen molar-refractivity contribution in [1.29, 1.82) is 0 Å².